The summed E-state index contributed by atoms with van der Waals surface area (Å²) in [5.41, 5.74) is 9.50. The van der Waals surface area contributed by atoms with Crippen molar-refractivity contribution in [1.29, 1.82) is 0 Å². The van der Waals surface area contributed by atoms with Gasteiger partial charge in [0.1, 0.15) is 5.52 Å². The Hall–Kier alpha value is -3.13. The number of nitrogens with one attached hydrogen (secondary N) is 1. The van der Waals surface area contributed by atoms with Gasteiger partial charge in [-0.05, 0) is 36.5 Å². The van der Waals surface area contributed by atoms with E-state index in [0.717, 1.165) is 29.7 Å². The van der Waals surface area contributed by atoms with Gasteiger partial charge in [0.25, 0.3) is 0 Å². The van der Waals surface area contributed by atoms with Crippen LogP contribution in [0.15, 0.2) is 49.2 Å². The van der Waals surface area contributed by atoms with Crippen LogP contribution in [-0.2, 0) is 11.2 Å². The number of nitrogens with two attached hydrogens (primary N) is 1. The Morgan fingerprint density at radius 2 is 2.03 bits per heavy atom. The summed E-state index contributed by atoms with van der Waals surface area (Å²) < 4.78 is 0. The number of carbonyl (C=O) groups excluding carboxylic acids is 1. The lowest BCUT2D eigenvalue weighted by atomic mass is 9.95. The number of anilines is 1. The summed E-state index contributed by atoms with van der Waals surface area (Å²) in [4.78, 5) is 32.1. The van der Waals surface area contributed by atoms with Crippen molar-refractivity contribution in [3.8, 4) is 0 Å². The monoisotopic (exact) mass is 391 g/mol. The van der Waals surface area contributed by atoms with Crippen molar-refractivity contribution in [2.45, 2.75) is 31.8 Å². The van der Waals surface area contributed by atoms with Gasteiger partial charge in [-0.2, -0.15) is 0 Å². The molecule has 0 saturated carbocycles. The number of hydrogen-bond donors (Lipinski definition) is 2. The maximum Gasteiger partial charge on any atom is 0.237 e. The van der Waals surface area contributed by atoms with Gasteiger partial charge < -0.3 is 16.0 Å². The number of carbonyl (C=O) groups is 1. The summed E-state index contributed by atoms with van der Waals surface area (Å²) in [5.74, 6) is 0.288. The van der Waals surface area contributed by atoms with Gasteiger partial charge in [-0.15, -0.1) is 0 Å². The zero-order chi connectivity index (χ0) is 20.2. The highest BCUT2D eigenvalue weighted by Gasteiger charge is 2.28. The third-order valence-corrected chi connectivity index (χ3v) is 5.21. The van der Waals surface area contributed by atoms with Crippen LogP contribution < -0.4 is 16.0 Å². The molecule has 8 nitrogen and oxygen atoms in total. The van der Waals surface area contributed by atoms with Gasteiger partial charge in [-0.3, -0.25) is 9.78 Å². The van der Waals surface area contributed by atoms with Crippen molar-refractivity contribution >= 4 is 22.8 Å². The molecule has 0 spiro atoms. The van der Waals surface area contributed by atoms with Crippen molar-refractivity contribution in [1.82, 2.24) is 25.3 Å². The van der Waals surface area contributed by atoms with Crippen molar-refractivity contribution in [2.24, 2.45) is 11.7 Å². The minimum absolute atomic E-state index is 0.0195. The predicted octanol–water partition coefficient (Wildman–Crippen LogP) is 1.32. The highest BCUT2D eigenvalue weighted by atomic mass is 16.2. The van der Waals surface area contributed by atoms with E-state index in [-0.39, 0.29) is 11.9 Å². The number of fused-ring (bicyclic) bond motifs is 1. The molecule has 0 aliphatic carbocycles. The molecule has 3 N–H and O–H groups in total. The molecule has 0 radical (unpaired) electrons. The van der Waals surface area contributed by atoms with Gasteiger partial charge in [0, 0.05) is 50.1 Å². The summed E-state index contributed by atoms with van der Waals surface area (Å²) in [6, 6.07) is 5.16. The molecule has 29 heavy (non-hydrogen) atoms. The van der Waals surface area contributed by atoms with E-state index in [4.69, 9.17) is 5.73 Å². The van der Waals surface area contributed by atoms with Crippen LogP contribution in [0.3, 0.4) is 0 Å². The Balaban J connectivity index is 1.45. The average Bonchev–Trinajstić information content (AvgIpc) is 2.73. The van der Waals surface area contributed by atoms with Crippen molar-refractivity contribution in [2.75, 3.05) is 18.0 Å². The highest BCUT2D eigenvalue weighted by molar-refractivity contribution is 5.85. The first-order valence-corrected chi connectivity index (χ1v) is 9.85. The molecule has 1 amide bonds. The number of rotatable bonds is 5. The van der Waals surface area contributed by atoms with Crippen molar-refractivity contribution in [3.63, 3.8) is 0 Å². The molecule has 0 bridgehead atoms. The quantitative estimate of drug-likeness (QED) is 0.675. The van der Waals surface area contributed by atoms with Crippen molar-refractivity contribution in [3.05, 3.63) is 54.7 Å². The molecule has 3 atom stereocenters. The predicted molar refractivity (Wildman–Crippen MR) is 111 cm³/mol. The lowest BCUT2D eigenvalue weighted by Gasteiger charge is -2.38. The molecule has 3 aromatic heterocycles. The molecule has 1 fully saturated rings. The summed E-state index contributed by atoms with van der Waals surface area (Å²) in [7, 11) is 0. The van der Waals surface area contributed by atoms with E-state index in [1.807, 2.05) is 18.2 Å². The van der Waals surface area contributed by atoms with Crippen LogP contribution in [-0.4, -0.2) is 51.0 Å². The SMILES string of the molecule is C[C@H]1C[C@@H](NC(=O)[C@@H](N)Cc2cccnc2)CN(c2ccnc3nccnc23)C1. The molecule has 0 unspecified atom stereocenters. The maximum absolute atomic E-state index is 12.7. The van der Waals surface area contributed by atoms with E-state index < -0.39 is 6.04 Å². The second kappa shape index (κ2) is 8.48. The number of nitrogens with zero attached hydrogens (tertiary/aromatic N) is 5. The minimum atomic E-state index is -0.600. The van der Waals surface area contributed by atoms with Crippen LogP contribution in [0, 0.1) is 5.92 Å². The standard InChI is InChI=1S/C21H25N7O/c1-14-9-16(27-21(29)17(22)10-15-3-2-5-23-11-15)13-28(12-14)18-4-6-25-20-19(18)24-7-8-26-20/h2-8,11,14,16-17H,9-10,12-13,22H2,1H3,(H,27,29)/t14-,16+,17-/m0/s1. The van der Waals surface area contributed by atoms with E-state index in [2.05, 4.69) is 37.1 Å². The number of piperidine rings is 1. The average molecular weight is 391 g/mol. The number of amides is 1. The van der Waals surface area contributed by atoms with E-state index >= 15 is 0 Å². The normalized spacial score (nSPS) is 20.4. The van der Waals surface area contributed by atoms with E-state index in [0.29, 0.717) is 24.5 Å². The first-order chi connectivity index (χ1) is 14.1. The topological polar surface area (TPSA) is 110 Å². The van der Waals surface area contributed by atoms with Gasteiger partial charge in [-0.1, -0.05) is 13.0 Å². The molecule has 4 rings (SSSR count). The molecular formula is C21H25N7O. The summed E-state index contributed by atoms with van der Waals surface area (Å²) in [5, 5.41) is 3.14. The van der Waals surface area contributed by atoms with Gasteiger partial charge >= 0.3 is 0 Å². The summed E-state index contributed by atoms with van der Waals surface area (Å²) in [6.45, 7) is 3.78. The number of pyridine rings is 2. The third-order valence-electron chi connectivity index (χ3n) is 5.21. The smallest absolute Gasteiger partial charge is 0.237 e. The van der Waals surface area contributed by atoms with Crippen LogP contribution in [0.25, 0.3) is 11.2 Å². The lowest BCUT2D eigenvalue weighted by Crippen LogP contribution is -2.54. The molecule has 1 saturated heterocycles. The van der Waals surface area contributed by atoms with Crippen LogP contribution in [0.4, 0.5) is 5.69 Å². The number of aromatic nitrogens is 4. The van der Waals surface area contributed by atoms with Crippen LogP contribution in [0.1, 0.15) is 18.9 Å². The zero-order valence-electron chi connectivity index (χ0n) is 16.4. The molecular weight excluding hydrogens is 366 g/mol. The van der Waals surface area contributed by atoms with E-state index in [1.54, 1.807) is 31.0 Å². The van der Waals surface area contributed by atoms with Gasteiger partial charge in [-0.25, -0.2) is 15.0 Å². The Morgan fingerprint density at radius 3 is 2.86 bits per heavy atom. The van der Waals surface area contributed by atoms with Crippen molar-refractivity contribution < 1.29 is 4.79 Å². The fourth-order valence-corrected chi connectivity index (χ4v) is 3.94. The summed E-state index contributed by atoms with van der Waals surface area (Å²) in [6.07, 6.45) is 9.91. The molecule has 3 aromatic rings. The Kier molecular flexibility index (Phi) is 5.62. The second-order valence-electron chi connectivity index (χ2n) is 7.68. The van der Waals surface area contributed by atoms with Crippen LogP contribution in [0.5, 0.6) is 0 Å². The maximum atomic E-state index is 12.7. The molecule has 150 valence electrons. The molecule has 1 aliphatic rings. The second-order valence-corrected chi connectivity index (χ2v) is 7.68. The van der Waals surface area contributed by atoms with Gasteiger partial charge in [0.15, 0.2) is 5.65 Å². The lowest BCUT2D eigenvalue weighted by molar-refractivity contribution is -0.123. The Morgan fingerprint density at radius 1 is 1.21 bits per heavy atom. The van der Waals surface area contributed by atoms with Gasteiger partial charge in [0.05, 0.1) is 11.7 Å². The van der Waals surface area contributed by atoms with Crippen LogP contribution in [0.2, 0.25) is 0 Å². The first kappa shape index (κ1) is 19.2. The van der Waals surface area contributed by atoms with E-state index in [9.17, 15) is 4.79 Å². The number of hydrogen-bond acceptors (Lipinski definition) is 7. The van der Waals surface area contributed by atoms with Gasteiger partial charge in [0.2, 0.25) is 5.91 Å². The first-order valence-electron chi connectivity index (χ1n) is 9.85. The van der Waals surface area contributed by atoms with Crippen LogP contribution >= 0.6 is 0 Å². The Labute approximate surface area is 169 Å². The minimum Gasteiger partial charge on any atom is -0.367 e. The van der Waals surface area contributed by atoms with E-state index in [1.165, 1.54) is 0 Å². The largest absolute Gasteiger partial charge is 0.367 e. The molecule has 4 heterocycles. The zero-order valence-corrected chi connectivity index (χ0v) is 16.4. The molecule has 0 aromatic carbocycles. The fraction of sp³-hybridized carbons (Fsp3) is 0.381. The summed E-state index contributed by atoms with van der Waals surface area (Å²) >= 11 is 0. The highest BCUT2D eigenvalue weighted by Crippen LogP contribution is 2.27. The third kappa shape index (κ3) is 4.48. The molecule has 1 aliphatic heterocycles. The Bertz CT molecular complexity index is 976. The molecule has 8 heteroatoms. The fourth-order valence-electron chi connectivity index (χ4n) is 3.94.